The normalized spacial score (nSPS) is 10.9. The summed E-state index contributed by atoms with van der Waals surface area (Å²) >= 11 is 5.77. The van der Waals surface area contributed by atoms with Crippen LogP contribution >= 0.6 is 11.6 Å². The fourth-order valence-corrected chi connectivity index (χ4v) is 3.15. The van der Waals surface area contributed by atoms with Crippen LogP contribution in [0, 0.1) is 0 Å². The zero-order chi connectivity index (χ0) is 20.6. The number of amides is 3. The first-order valence-corrected chi connectivity index (χ1v) is 10.4. The van der Waals surface area contributed by atoms with E-state index in [1.807, 2.05) is 0 Å². The van der Waals surface area contributed by atoms with Crippen molar-refractivity contribution in [1.82, 2.24) is 15.4 Å². The largest absolute Gasteiger partial charge is 0.334 e. The number of sulfonamides is 1. The van der Waals surface area contributed by atoms with E-state index in [-0.39, 0.29) is 24.7 Å². The Morgan fingerprint density at radius 1 is 1.00 bits per heavy atom. The number of nitrogens with one attached hydrogen (secondary N) is 4. The quantitative estimate of drug-likeness (QED) is 0.517. The van der Waals surface area contributed by atoms with Gasteiger partial charge in [0.1, 0.15) is 0 Å². The van der Waals surface area contributed by atoms with E-state index < -0.39 is 16.1 Å². The van der Waals surface area contributed by atoms with Gasteiger partial charge in [-0.2, -0.15) is 0 Å². The molecule has 0 bridgehead atoms. The number of benzene rings is 2. The molecule has 0 aliphatic carbocycles. The molecule has 8 nitrogen and oxygen atoms in total. The highest BCUT2D eigenvalue weighted by atomic mass is 35.5. The zero-order valence-electron chi connectivity index (χ0n) is 15.2. The van der Waals surface area contributed by atoms with Crippen molar-refractivity contribution in [2.75, 3.05) is 18.9 Å². The molecule has 0 atom stereocenters. The fraction of sp³-hybridized carbons (Fsp3) is 0.222. The third-order valence-electron chi connectivity index (χ3n) is 3.65. The third kappa shape index (κ3) is 7.55. The van der Waals surface area contributed by atoms with Crippen LogP contribution in [-0.2, 0) is 27.1 Å². The molecule has 0 heterocycles. The molecule has 0 fully saturated rings. The smallest absolute Gasteiger partial charge is 0.315 e. The van der Waals surface area contributed by atoms with Crippen molar-refractivity contribution in [3.63, 3.8) is 0 Å². The number of halogens is 1. The molecule has 0 saturated heterocycles. The molecule has 0 radical (unpaired) electrons. The second-order valence-corrected chi connectivity index (χ2v) is 8.24. The number of carbonyl (C=O) groups excluding carboxylic acids is 2. The van der Waals surface area contributed by atoms with Crippen LogP contribution in [0.15, 0.2) is 48.5 Å². The Bertz CT molecular complexity index is 933. The summed E-state index contributed by atoms with van der Waals surface area (Å²) in [5.74, 6) is -0.522. The van der Waals surface area contributed by atoms with Gasteiger partial charge in [-0.3, -0.25) is 4.79 Å². The highest BCUT2D eigenvalue weighted by Gasteiger charge is 2.09. The van der Waals surface area contributed by atoms with Gasteiger partial charge >= 0.3 is 6.03 Å². The fourth-order valence-electron chi connectivity index (χ4n) is 2.26. The van der Waals surface area contributed by atoms with Gasteiger partial charge in [-0.25, -0.2) is 17.9 Å². The molecule has 0 aromatic heterocycles. The molecule has 2 aromatic carbocycles. The Hall–Kier alpha value is -2.62. The third-order valence-corrected chi connectivity index (χ3v) is 5.24. The number of hydrogen-bond donors (Lipinski definition) is 4. The number of urea groups is 1. The van der Waals surface area contributed by atoms with Crippen molar-refractivity contribution in [2.45, 2.75) is 12.3 Å². The Morgan fingerprint density at radius 2 is 1.68 bits per heavy atom. The molecule has 0 unspecified atom stereocenters. The van der Waals surface area contributed by atoms with Crippen LogP contribution in [0.2, 0.25) is 5.02 Å². The molecule has 28 heavy (non-hydrogen) atoms. The first-order chi connectivity index (χ1) is 13.3. The number of rotatable bonds is 8. The van der Waals surface area contributed by atoms with Gasteiger partial charge < -0.3 is 16.0 Å². The molecular weight excluding hydrogens is 404 g/mol. The summed E-state index contributed by atoms with van der Waals surface area (Å²) in [5.41, 5.74) is 1.92. The van der Waals surface area contributed by atoms with E-state index in [0.717, 1.165) is 5.56 Å². The van der Waals surface area contributed by atoms with E-state index in [1.54, 1.807) is 48.5 Å². The van der Waals surface area contributed by atoms with E-state index in [1.165, 1.54) is 7.05 Å². The van der Waals surface area contributed by atoms with Gasteiger partial charge in [0.15, 0.2) is 0 Å². The Kier molecular flexibility index (Phi) is 7.80. The topological polar surface area (TPSA) is 116 Å². The molecular formula is C18H21ClN4O4S. The molecule has 3 amide bonds. The Labute approximate surface area is 168 Å². The van der Waals surface area contributed by atoms with Crippen LogP contribution in [0.4, 0.5) is 10.5 Å². The zero-order valence-corrected chi connectivity index (χ0v) is 16.7. The molecule has 4 N–H and O–H groups in total. The minimum Gasteiger partial charge on any atom is -0.334 e. The summed E-state index contributed by atoms with van der Waals surface area (Å²) in [5, 5.41) is 8.26. The molecule has 2 aromatic rings. The van der Waals surface area contributed by atoms with Gasteiger partial charge in [-0.15, -0.1) is 0 Å². The standard InChI is InChI=1S/C18H21ClN4O4S/c1-20-28(26,27)12-14-4-2-3-13(9-14)10-21-18(25)22-11-17(24)23-16-7-5-15(19)6-8-16/h2-9,20H,10-12H2,1H3,(H,23,24)(H2,21,22,25). The lowest BCUT2D eigenvalue weighted by Crippen LogP contribution is -2.39. The molecule has 0 spiro atoms. The van der Waals surface area contributed by atoms with E-state index in [4.69, 9.17) is 11.6 Å². The number of hydrogen-bond acceptors (Lipinski definition) is 4. The van der Waals surface area contributed by atoms with Gasteiger partial charge in [-0.05, 0) is 42.4 Å². The first kappa shape index (κ1) is 21.7. The lowest BCUT2D eigenvalue weighted by Gasteiger charge is -2.10. The summed E-state index contributed by atoms with van der Waals surface area (Å²) in [6, 6.07) is 13.0. The van der Waals surface area contributed by atoms with Crippen molar-refractivity contribution < 1.29 is 18.0 Å². The molecule has 0 saturated carbocycles. The minimum atomic E-state index is -3.37. The van der Waals surface area contributed by atoms with Crippen LogP contribution in [0.25, 0.3) is 0 Å². The average molecular weight is 425 g/mol. The monoisotopic (exact) mass is 424 g/mol. The number of carbonyl (C=O) groups is 2. The van der Waals surface area contributed by atoms with Gasteiger partial charge in [0.05, 0.1) is 12.3 Å². The summed E-state index contributed by atoms with van der Waals surface area (Å²) in [6.07, 6.45) is 0. The predicted octanol–water partition coefficient (Wildman–Crippen LogP) is 1.83. The van der Waals surface area contributed by atoms with Gasteiger partial charge in [-0.1, -0.05) is 35.9 Å². The second-order valence-electron chi connectivity index (χ2n) is 5.87. The average Bonchev–Trinajstić information content (AvgIpc) is 2.66. The maximum atomic E-state index is 11.9. The van der Waals surface area contributed by atoms with E-state index in [9.17, 15) is 18.0 Å². The van der Waals surface area contributed by atoms with Gasteiger partial charge in [0.25, 0.3) is 0 Å². The van der Waals surface area contributed by atoms with Crippen LogP contribution in [0.1, 0.15) is 11.1 Å². The Balaban J connectivity index is 1.77. The molecule has 2 rings (SSSR count). The van der Waals surface area contributed by atoms with Crippen LogP contribution in [-0.4, -0.2) is 33.9 Å². The van der Waals surface area contributed by atoms with E-state index >= 15 is 0 Å². The maximum absolute atomic E-state index is 11.9. The maximum Gasteiger partial charge on any atom is 0.315 e. The number of anilines is 1. The van der Waals surface area contributed by atoms with Crippen molar-refractivity contribution >= 4 is 39.2 Å². The highest BCUT2D eigenvalue weighted by molar-refractivity contribution is 7.88. The summed E-state index contributed by atoms with van der Waals surface area (Å²) < 4.78 is 25.5. The molecule has 10 heteroatoms. The van der Waals surface area contributed by atoms with Crippen molar-refractivity contribution in [3.8, 4) is 0 Å². The first-order valence-electron chi connectivity index (χ1n) is 8.33. The molecule has 0 aliphatic rings. The molecule has 150 valence electrons. The minimum absolute atomic E-state index is 0.144. The Morgan fingerprint density at radius 3 is 2.36 bits per heavy atom. The predicted molar refractivity (Wildman–Crippen MR) is 108 cm³/mol. The highest BCUT2D eigenvalue weighted by Crippen LogP contribution is 2.13. The van der Waals surface area contributed by atoms with Crippen LogP contribution in [0.5, 0.6) is 0 Å². The van der Waals surface area contributed by atoms with E-state index in [0.29, 0.717) is 16.3 Å². The van der Waals surface area contributed by atoms with Crippen LogP contribution < -0.4 is 20.7 Å². The SMILES string of the molecule is CNS(=O)(=O)Cc1cccc(CNC(=O)NCC(=O)Nc2ccc(Cl)cc2)c1. The summed E-state index contributed by atoms with van der Waals surface area (Å²) in [6.45, 7) is -0.00695. The molecule has 0 aliphatic heterocycles. The second kappa shape index (κ2) is 10.1. The van der Waals surface area contributed by atoms with Crippen molar-refractivity contribution in [2.24, 2.45) is 0 Å². The lowest BCUT2D eigenvalue weighted by molar-refractivity contribution is -0.115. The van der Waals surface area contributed by atoms with Crippen LogP contribution in [0.3, 0.4) is 0 Å². The van der Waals surface area contributed by atoms with E-state index in [2.05, 4.69) is 20.7 Å². The van der Waals surface area contributed by atoms with Gasteiger partial charge in [0.2, 0.25) is 15.9 Å². The summed E-state index contributed by atoms with van der Waals surface area (Å²) in [7, 11) is -2.01. The van der Waals surface area contributed by atoms with Crippen molar-refractivity contribution in [3.05, 3.63) is 64.7 Å². The van der Waals surface area contributed by atoms with Crippen molar-refractivity contribution in [1.29, 1.82) is 0 Å². The summed E-state index contributed by atoms with van der Waals surface area (Å²) in [4.78, 5) is 23.7. The lowest BCUT2D eigenvalue weighted by atomic mass is 10.1. The van der Waals surface area contributed by atoms with Gasteiger partial charge in [0, 0.05) is 17.3 Å².